The molecule has 0 radical (unpaired) electrons. The number of esters is 1. The lowest BCUT2D eigenvalue weighted by molar-refractivity contribution is -0.673. The lowest BCUT2D eigenvalue weighted by atomic mass is 9.96. The minimum Gasteiger partial charge on any atom is -0.466 e. The van der Waals surface area contributed by atoms with Crippen molar-refractivity contribution < 1.29 is 18.5 Å². The van der Waals surface area contributed by atoms with Gasteiger partial charge >= 0.3 is 11.6 Å². The zero-order valence-electron chi connectivity index (χ0n) is 18.1. The molecule has 5 heteroatoms. The summed E-state index contributed by atoms with van der Waals surface area (Å²) in [6.07, 6.45) is 7.38. The Balaban J connectivity index is 1.46. The molecule has 1 fully saturated rings. The molecule has 0 spiro atoms. The molecule has 3 aromatic rings. The normalized spacial score (nSPS) is 21.1. The first kappa shape index (κ1) is 20.3. The van der Waals surface area contributed by atoms with Crippen LogP contribution in [0.25, 0.3) is 23.1 Å². The van der Waals surface area contributed by atoms with Gasteiger partial charge in [0.1, 0.15) is 12.6 Å². The molecule has 3 unspecified atom stereocenters. The van der Waals surface area contributed by atoms with Crippen LogP contribution in [-0.4, -0.2) is 12.6 Å². The Morgan fingerprint density at radius 1 is 1.28 bits per heavy atom. The summed E-state index contributed by atoms with van der Waals surface area (Å²) in [6, 6.07) is 11.7. The summed E-state index contributed by atoms with van der Waals surface area (Å²) in [5.41, 5.74) is 3.62. The van der Waals surface area contributed by atoms with Crippen LogP contribution in [0.5, 0.6) is 0 Å². The smallest absolute Gasteiger partial charge is 0.343 e. The molecule has 0 aliphatic heterocycles. The zero-order chi connectivity index (χ0) is 22.2. The first-order chi connectivity index (χ1) is 15.5. The highest BCUT2D eigenvalue weighted by Crippen LogP contribution is 2.50. The maximum atomic E-state index is 12.6. The highest BCUT2D eigenvalue weighted by Gasteiger charge is 2.54. The number of pyridine rings is 1. The molecular formula is C27H24NO4+. The topological polar surface area (TPSA) is 60.4 Å². The number of carbonyl (C=O) groups is 1. The van der Waals surface area contributed by atoms with Crippen LogP contribution in [0.1, 0.15) is 35.7 Å². The van der Waals surface area contributed by atoms with E-state index in [1.807, 2.05) is 61.1 Å². The van der Waals surface area contributed by atoms with Gasteiger partial charge in [-0.25, -0.2) is 9.36 Å². The minimum atomic E-state index is -0.379. The average Bonchev–Trinajstić information content (AvgIpc) is 3.46. The molecule has 160 valence electrons. The van der Waals surface area contributed by atoms with Crippen molar-refractivity contribution in [2.45, 2.75) is 19.8 Å². The van der Waals surface area contributed by atoms with Crippen LogP contribution in [0.3, 0.4) is 0 Å². The molecule has 5 rings (SSSR count). The van der Waals surface area contributed by atoms with Crippen molar-refractivity contribution in [3.05, 3.63) is 75.4 Å². The van der Waals surface area contributed by atoms with Gasteiger partial charge in [-0.2, -0.15) is 0 Å². The third-order valence-electron chi connectivity index (χ3n) is 6.36. The van der Waals surface area contributed by atoms with Crippen molar-refractivity contribution in [2.24, 2.45) is 24.8 Å². The van der Waals surface area contributed by atoms with E-state index in [1.54, 1.807) is 6.08 Å². The number of aryl methyl sites for hydroxylation is 2. The van der Waals surface area contributed by atoms with Gasteiger partial charge in [0.05, 0.1) is 18.1 Å². The molecule has 2 aliphatic carbocycles. The van der Waals surface area contributed by atoms with Gasteiger partial charge in [-0.15, -0.1) is 0 Å². The van der Waals surface area contributed by atoms with E-state index >= 15 is 0 Å². The number of rotatable bonds is 4. The molecule has 2 heterocycles. The molecule has 1 saturated carbocycles. The van der Waals surface area contributed by atoms with Gasteiger partial charge in [0.15, 0.2) is 6.20 Å². The SMILES string of the molecule is CCOC(=O)C1C2C#Cc3cc4oc(=O)c(/C=C/c5cccc[n+]5C)cc4cc3CCC21. The standard InChI is InChI=1S/C27H24NO4/c1-3-31-27(30)25-22-11-8-17-14-20-15-19(7-10-21-6-4-5-13-28(21)2)26(29)32-24(20)16-18(17)9-12-23(22)25/h4-7,10,13-16,22-23,25H,3,8,11H2,1-2H3/q+1/b10-7+. The number of benzene rings is 1. The quantitative estimate of drug-likeness (QED) is 0.277. The van der Waals surface area contributed by atoms with E-state index < -0.39 is 0 Å². The number of fused-ring (bicyclic) bond motifs is 3. The lowest BCUT2D eigenvalue weighted by Crippen LogP contribution is -2.30. The largest absolute Gasteiger partial charge is 0.466 e. The number of ether oxygens (including phenoxy) is 1. The molecule has 0 saturated heterocycles. The number of carbonyl (C=O) groups excluding carboxylic acids is 1. The van der Waals surface area contributed by atoms with Crippen molar-refractivity contribution in [1.29, 1.82) is 0 Å². The van der Waals surface area contributed by atoms with E-state index in [2.05, 4.69) is 17.9 Å². The fourth-order valence-corrected chi connectivity index (χ4v) is 4.53. The maximum absolute atomic E-state index is 12.6. The minimum absolute atomic E-state index is 0.0664. The first-order valence-corrected chi connectivity index (χ1v) is 11.0. The molecule has 2 aliphatic rings. The molecule has 5 nitrogen and oxygen atoms in total. The predicted octanol–water partition coefficient (Wildman–Crippen LogP) is 3.51. The molecule has 0 amide bonds. The van der Waals surface area contributed by atoms with Crippen LogP contribution in [0, 0.1) is 29.6 Å². The molecule has 1 aromatic carbocycles. The van der Waals surface area contributed by atoms with Crippen LogP contribution in [0.2, 0.25) is 0 Å². The second-order valence-corrected chi connectivity index (χ2v) is 8.38. The van der Waals surface area contributed by atoms with Crippen LogP contribution in [0.4, 0.5) is 0 Å². The van der Waals surface area contributed by atoms with Crippen LogP contribution in [-0.2, 0) is 23.0 Å². The summed E-state index contributed by atoms with van der Waals surface area (Å²) in [5, 5.41) is 0.872. The highest BCUT2D eigenvalue weighted by molar-refractivity contribution is 5.83. The van der Waals surface area contributed by atoms with Crippen LogP contribution in [0.15, 0.2) is 51.8 Å². The van der Waals surface area contributed by atoms with Gasteiger partial charge in [0, 0.05) is 35.1 Å². The van der Waals surface area contributed by atoms with Crippen LogP contribution < -0.4 is 10.2 Å². The van der Waals surface area contributed by atoms with E-state index in [0.29, 0.717) is 17.8 Å². The van der Waals surface area contributed by atoms with Gasteiger partial charge in [0.25, 0.3) is 0 Å². The summed E-state index contributed by atoms with van der Waals surface area (Å²) >= 11 is 0. The molecule has 32 heavy (non-hydrogen) atoms. The molecule has 0 N–H and O–H groups in total. The fourth-order valence-electron chi connectivity index (χ4n) is 4.53. The van der Waals surface area contributed by atoms with E-state index in [9.17, 15) is 9.59 Å². The van der Waals surface area contributed by atoms with Crippen molar-refractivity contribution in [1.82, 2.24) is 0 Å². The van der Waals surface area contributed by atoms with E-state index in [1.165, 1.54) is 0 Å². The highest BCUT2D eigenvalue weighted by atomic mass is 16.5. The fraction of sp³-hybridized carbons (Fsp3) is 0.296. The van der Waals surface area contributed by atoms with Gasteiger partial charge < -0.3 is 9.15 Å². The zero-order valence-corrected chi connectivity index (χ0v) is 18.1. The molecule has 2 aromatic heterocycles. The predicted molar refractivity (Wildman–Crippen MR) is 121 cm³/mol. The molecular weight excluding hydrogens is 402 g/mol. The Morgan fingerprint density at radius 3 is 2.97 bits per heavy atom. The lowest BCUT2D eigenvalue weighted by Gasteiger charge is -2.09. The molecule has 3 atom stereocenters. The number of hydrogen-bond acceptors (Lipinski definition) is 4. The Kier molecular flexibility index (Phi) is 5.14. The maximum Gasteiger partial charge on any atom is 0.343 e. The molecule has 0 bridgehead atoms. The second-order valence-electron chi connectivity index (χ2n) is 8.38. The number of nitrogens with zero attached hydrogens (tertiary/aromatic N) is 1. The van der Waals surface area contributed by atoms with Crippen LogP contribution >= 0.6 is 0 Å². The third kappa shape index (κ3) is 3.73. The Hall–Kier alpha value is -3.65. The monoisotopic (exact) mass is 426 g/mol. The third-order valence-corrected chi connectivity index (χ3v) is 6.36. The summed E-state index contributed by atoms with van der Waals surface area (Å²) in [5.74, 6) is 6.57. The van der Waals surface area contributed by atoms with E-state index in [4.69, 9.17) is 9.15 Å². The number of hydrogen-bond donors (Lipinski definition) is 0. The van der Waals surface area contributed by atoms with Crippen molar-refractivity contribution in [3.8, 4) is 11.8 Å². The Morgan fingerprint density at radius 2 is 2.16 bits per heavy atom. The van der Waals surface area contributed by atoms with E-state index in [-0.39, 0.29) is 29.3 Å². The summed E-state index contributed by atoms with van der Waals surface area (Å²) in [7, 11) is 1.96. The average molecular weight is 426 g/mol. The first-order valence-electron chi connectivity index (χ1n) is 11.0. The summed E-state index contributed by atoms with van der Waals surface area (Å²) in [4.78, 5) is 24.7. The van der Waals surface area contributed by atoms with Gasteiger partial charge in [-0.1, -0.05) is 11.8 Å². The van der Waals surface area contributed by atoms with E-state index in [0.717, 1.165) is 35.0 Å². The van der Waals surface area contributed by atoms with Gasteiger partial charge in [-0.3, -0.25) is 4.79 Å². The van der Waals surface area contributed by atoms with Gasteiger partial charge in [-0.05, 0) is 61.6 Å². The summed E-state index contributed by atoms with van der Waals surface area (Å²) < 4.78 is 12.8. The number of aromatic nitrogens is 1. The van der Waals surface area contributed by atoms with Crippen molar-refractivity contribution in [3.63, 3.8) is 0 Å². The Bertz CT molecular complexity index is 1370. The summed E-state index contributed by atoms with van der Waals surface area (Å²) in [6.45, 7) is 2.22. The van der Waals surface area contributed by atoms with Gasteiger partial charge in [0.2, 0.25) is 5.69 Å². The van der Waals surface area contributed by atoms with Crippen molar-refractivity contribution in [2.75, 3.05) is 6.61 Å². The van der Waals surface area contributed by atoms with Crippen molar-refractivity contribution >= 4 is 29.1 Å². The second kappa shape index (κ2) is 8.12. The Labute approximate surface area is 186 Å².